The Morgan fingerprint density at radius 3 is 1.71 bits per heavy atom. The van der Waals surface area contributed by atoms with Crippen LogP contribution in [-0.2, 0) is 0 Å². The first-order valence-electron chi connectivity index (χ1n) is 2.25. The molecule has 0 aromatic rings. The summed E-state index contributed by atoms with van der Waals surface area (Å²) >= 11 is 0. The maximum absolute atomic E-state index is 2.89. The lowest BCUT2D eigenvalue weighted by molar-refractivity contribution is 0.932. The van der Waals surface area contributed by atoms with E-state index >= 15 is 0 Å². The fourth-order valence-electron chi connectivity index (χ4n) is 0.406. The van der Waals surface area contributed by atoms with E-state index < -0.39 is 0 Å². The van der Waals surface area contributed by atoms with Gasteiger partial charge in [0.1, 0.15) is 0 Å². The Morgan fingerprint density at radius 2 is 1.57 bits per heavy atom. The van der Waals surface area contributed by atoms with Gasteiger partial charge in [0.05, 0.1) is 0 Å². The summed E-state index contributed by atoms with van der Waals surface area (Å²) in [5, 5.41) is 5.78. The molecule has 2 nitrogen and oxygen atoms in total. The molecule has 7 heavy (non-hydrogen) atoms. The van der Waals surface area contributed by atoms with Crippen LogP contribution in [0.4, 0.5) is 0 Å². The molecule has 0 spiro atoms. The van der Waals surface area contributed by atoms with E-state index in [0.29, 0.717) is 0 Å². The largest absolute Gasteiger partial charge is 0.358 e. The number of rotatable bonds is 0. The highest BCUT2D eigenvalue weighted by Gasteiger charge is 2.02. The minimum Gasteiger partial charge on any atom is -0.358 e. The Bertz CT molecular complexity index is 92.6. The topological polar surface area (TPSA) is 24.1 Å². The first-order valence-corrected chi connectivity index (χ1v) is 2.25. The van der Waals surface area contributed by atoms with Crippen LogP contribution in [-0.4, -0.2) is 0 Å². The highest BCUT2D eigenvalue weighted by Crippen LogP contribution is 2.00. The van der Waals surface area contributed by atoms with Crippen LogP contribution in [0, 0.1) is 6.67 Å². The quantitative estimate of drug-likeness (QED) is 0.457. The molecular weight excluding hydrogens is 88.1 g/mol. The number of hydrogen-bond acceptors (Lipinski definition) is 2. The third kappa shape index (κ3) is 0.683. The fourth-order valence-corrected chi connectivity index (χ4v) is 0.406. The van der Waals surface area contributed by atoms with E-state index in [1.165, 1.54) is 0 Å². The molecule has 2 radical (unpaired) electrons. The van der Waals surface area contributed by atoms with Gasteiger partial charge in [-0.3, -0.25) is 0 Å². The molecule has 0 bridgehead atoms. The molecule has 0 fully saturated rings. The van der Waals surface area contributed by atoms with Gasteiger partial charge in [-0.05, 0) is 13.8 Å². The van der Waals surface area contributed by atoms with Crippen molar-refractivity contribution >= 4 is 0 Å². The van der Waals surface area contributed by atoms with Gasteiger partial charge in [0.15, 0.2) is 0 Å². The van der Waals surface area contributed by atoms with Gasteiger partial charge in [-0.25, -0.2) is 0 Å². The Labute approximate surface area is 43.6 Å². The van der Waals surface area contributed by atoms with Crippen molar-refractivity contribution in [2.75, 3.05) is 0 Å². The minimum atomic E-state index is 1.15. The summed E-state index contributed by atoms with van der Waals surface area (Å²) in [7, 11) is 0. The molecule has 1 heterocycles. The second kappa shape index (κ2) is 1.45. The number of hydrogen-bond donors (Lipinski definition) is 2. The summed E-state index contributed by atoms with van der Waals surface area (Å²) in [6.07, 6.45) is 0. The zero-order chi connectivity index (χ0) is 5.28. The van der Waals surface area contributed by atoms with Gasteiger partial charge in [0, 0.05) is 11.4 Å². The first-order chi connectivity index (χ1) is 3.30. The Morgan fingerprint density at radius 1 is 1.14 bits per heavy atom. The molecule has 0 aromatic heterocycles. The average Bonchev–Trinajstić information content (AvgIpc) is 1.91. The highest BCUT2D eigenvalue weighted by molar-refractivity contribution is 5.13. The molecule has 0 aliphatic carbocycles. The first kappa shape index (κ1) is 4.50. The van der Waals surface area contributed by atoms with Gasteiger partial charge >= 0.3 is 0 Å². The van der Waals surface area contributed by atoms with Crippen molar-refractivity contribution in [3.8, 4) is 0 Å². The minimum absolute atomic E-state index is 1.15. The van der Waals surface area contributed by atoms with E-state index in [1.54, 1.807) is 0 Å². The van der Waals surface area contributed by atoms with E-state index in [9.17, 15) is 0 Å². The third-order valence-corrected chi connectivity index (χ3v) is 1.06. The van der Waals surface area contributed by atoms with E-state index in [1.807, 2.05) is 13.8 Å². The van der Waals surface area contributed by atoms with Crippen molar-refractivity contribution in [3.05, 3.63) is 18.1 Å². The molecule has 0 saturated carbocycles. The molecule has 0 amide bonds. The van der Waals surface area contributed by atoms with E-state index in [0.717, 1.165) is 11.4 Å². The Hall–Kier alpha value is -0.660. The Balaban J connectivity index is 2.64. The van der Waals surface area contributed by atoms with Gasteiger partial charge in [-0.2, -0.15) is 0 Å². The normalized spacial score (nSPS) is 19.1. The van der Waals surface area contributed by atoms with Gasteiger partial charge in [0.25, 0.3) is 0 Å². The molecule has 2 heteroatoms. The van der Waals surface area contributed by atoms with E-state index in [-0.39, 0.29) is 0 Å². The van der Waals surface area contributed by atoms with Gasteiger partial charge in [-0.1, -0.05) is 0 Å². The smallest absolute Gasteiger partial charge is 0.202 e. The molecule has 0 saturated heterocycles. The molecule has 0 unspecified atom stereocenters. The lowest BCUT2D eigenvalue weighted by atomic mass is 10.4. The Kier molecular flexibility index (Phi) is 0.929. The number of allylic oxidation sites excluding steroid dienone is 2. The predicted molar refractivity (Wildman–Crippen MR) is 27.9 cm³/mol. The molecule has 0 atom stereocenters. The molecular formula is C5H8N2. The maximum atomic E-state index is 2.89. The fraction of sp³-hybridized carbons (Fsp3) is 0.400. The van der Waals surface area contributed by atoms with Crippen molar-refractivity contribution in [1.29, 1.82) is 0 Å². The highest BCUT2D eigenvalue weighted by atomic mass is 15.1. The predicted octanol–water partition coefficient (Wildman–Crippen LogP) is 0.427. The third-order valence-electron chi connectivity index (χ3n) is 1.06. The summed E-state index contributed by atoms with van der Waals surface area (Å²) in [5.74, 6) is 0. The van der Waals surface area contributed by atoms with E-state index in [4.69, 9.17) is 0 Å². The van der Waals surface area contributed by atoms with Gasteiger partial charge in [0.2, 0.25) is 6.67 Å². The van der Waals surface area contributed by atoms with Crippen molar-refractivity contribution in [2.45, 2.75) is 13.8 Å². The zero-order valence-corrected chi connectivity index (χ0v) is 4.50. The SMILES string of the molecule is CC1=C(C)N[C]N1. The molecule has 1 aliphatic heterocycles. The second-order valence-corrected chi connectivity index (χ2v) is 1.62. The van der Waals surface area contributed by atoms with Gasteiger partial charge in [-0.15, -0.1) is 0 Å². The monoisotopic (exact) mass is 96.1 g/mol. The number of nitrogens with one attached hydrogen (secondary N) is 2. The molecule has 38 valence electrons. The molecule has 0 aromatic carbocycles. The van der Waals surface area contributed by atoms with Crippen LogP contribution in [0.3, 0.4) is 0 Å². The summed E-state index contributed by atoms with van der Waals surface area (Å²) in [4.78, 5) is 0. The van der Waals surface area contributed by atoms with Crippen LogP contribution in [0.25, 0.3) is 0 Å². The van der Waals surface area contributed by atoms with Gasteiger partial charge < -0.3 is 10.6 Å². The summed E-state index contributed by atoms with van der Waals surface area (Å²) in [5.41, 5.74) is 2.31. The molecule has 1 aliphatic rings. The summed E-state index contributed by atoms with van der Waals surface area (Å²) < 4.78 is 0. The lowest BCUT2D eigenvalue weighted by Gasteiger charge is -1.88. The standard InChI is InChI=1S/C5H8N2/c1-4-5(2)7-3-6-4/h6-7H,1-2H3. The second-order valence-electron chi connectivity index (χ2n) is 1.62. The zero-order valence-electron chi connectivity index (χ0n) is 4.50. The summed E-state index contributed by atoms with van der Waals surface area (Å²) in [6, 6.07) is 0. The van der Waals surface area contributed by atoms with E-state index in [2.05, 4.69) is 17.3 Å². The van der Waals surface area contributed by atoms with Crippen LogP contribution in [0.2, 0.25) is 0 Å². The van der Waals surface area contributed by atoms with Crippen molar-refractivity contribution in [2.24, 2.45) is 0 Å². The molecule has 2 N–H and O–H groups in total. The van der Waals surface area contributed by atoms with Crippen molar-refractivity contribution < 1.29 is 0 Å². The van der Waals surface area contributed by atoms with Crippen molar-refractivity contribution in [3.63, 3.8) is 0 Å². The maximum Gasteiger partial charge on any atom is 0.202 e. The van der Waals surface area contributed by atoms with Crippen molar-refractivity contribution in [1.82, 2.24) is 10.6 Å². The van der Waals surface area contributed by atoms with Crippen LogP contribution >= 0.6 is 0 Å². The summed E-state index contributed by atoms with van der Waals surface area (Å²) in [6.45, 7) is 6.75. The lowest BCUT2D eigenvalue weighted by Crippen LogP contribution is -2.05. The van der Waals surface area contributed by atoms with Crippen LogP contribution in [0.1, 0.15) is 13.8 Å². The van der Waals surface area contributed by atoms with Crippen LogP contribution in [0.5, 0.6) is 0 Å². The van der Waals surface area contributed by atoms with Crippen LogP contribution in [0.15, 0.2) is 11.4 Å². The molecule has 1 rings (SSSR count). The average molecular weight is 96.1 g/mol. The van der Waals surface area contributed by atoms with Crippen LogP contribution < -0.4 is 10.6 Å².